The maximum absolute atomic E-state index is 11.7. The summed E-state index contributed by atoms with van der Waals surface area (Å²) in [6, 6.07) is 8.07. The SMILES string of the molecule is Cc1ccccc1CNC(=O)COC1CCNCC1. The van der Waals surface area contributed by atoms with Crippen LogP contribution in [0.2, 0.25) is 0 Å². The lowest BCUT2D eigenvalue weighted by atomic mass is 10.1. The van der Waals surface area contributed by atoms with E-state index in [1.54, 1.807) is 0 Å². The Hall–Kier alpha value is -1.39. The van der Waals surface area contributed by atoms with Gasteiger partial charge in [0.25, 0.3) is 0 Å². The summed E-state index contributed by atoms with van der Waals surface area (Å²) in [6.45, 7) is 4.75. The van der Waals surface area contributed by atoms with Crippen LogP contribution >= 0.6 is 0 Å². The molecule has 2 N–H and O–H groups in total. The van der Waals surface area contributed by atoms with E-state index in [4.69, 9.17) is 4.74 Å². The van der Waals surface area contributed by atoms with Crippen molar-refractivity contribution in [1.29, 1.82) is 0 Å². The molecule has 0 aromatic heterocycles. The first-order valence-corrected chi connectivity index (χ1v) is 6.89. The zero-order valence-corrected chi connectivity index (χ0v) is 11.4. The molecule has 0 radical (unpaired) electrons. The molecule has 19 heavy (non-hydrogen) atoms. The van der Waals surface area contributed by atoms with Crippen molar-refractivity contribution in [3.05, 3.63) is 35.4 Å². The summed E-state index contributed by atoms with van der Waals surface area (Å²) in [5, 5.41) is 6.17. The molecule has 0 saturated carbocycles. The van der Waals surface area contributed by atoms with Gasteiger partial charge in [0.1, 0.15) is 6.61 Å². The number of benzene rings is 1. The van der Waals surface area contributed by atoms with Crippen molar-refractivity contribution in [1.82, 2.24) is 10.6 Å². The van der Waals surface area contributed by atoms with Crippen LogP contribution in [-0.4, -0.2) is 31.7 Å². The van der Waals surface area contributed by atoms with Gasteiger partial charge in [0.05, 0.1) is 6.10 Å². The predicted molar refractivity (Wildman–Crippen MR) is 74.9 cm³/mol. The molecule has 1 aromatic rings. The van der Waals surface area contributed by atoms with E-state index in [9.17, 15) is 4.79 Å². The number of carbonyl (C=O) groups excluding carboxylic acids is 1. The molecular formula is C15H22N2O2. The lowest BCUT2D eigenvalue weighted by Crippen LogP contribution is -2.35. The molecule has 1 saturated heterocycles. The Morgan fingerprint density at radius 2 is 2.11 bits per heavy atom. The van der Waals surface area contributed by atoms with Gasteiger partial charge < -0.3 is 15.4 Å². The highest BCUT2D eigenvalue weighted by Crippen LogP contribution is 2.07. The molecule has 0 unspecified atom stereocenters. The first-order valence-electron chi connectivity index (χ1n) is 6.89. The van der Waals surface area contributed by atoms with Gasteiger partial charge in [-0.3, -0.25) is 4.79 Å². The van der Waals surface area contributed by atoms with Crippen LogP contribution < -0.4 is 10.6 Å². The van der Waals surface area contributed by atoms with E-state index in [-0.39, 0.29) is 18.6 Å². The minimum Gasteiger partial charge on any atom is -0.368 e. The van der Waals surface area contributed by atoms with Crippen molar-refractivity contribution in [2.24, 2.45) is 0 Å². The zero-order chi connectivity index (χ0) is 13.5. The third-order valence-corrected chi connectivity index (χ3v) is 3.47. The number of ether oxygens (including phenoxy) is 1. The zero-order valence-electron chi connectivity index (χ0n) is 11.4. The molecule has 1 aromatic carbocycles. The fraction of sp³-hybridized carbons (Fsp3) is 0.533. The van der Waals surface area contributed by atoms with Gasteiger partial charge in [0.15, 0.2) is 0 Å². The van der Waals surface area contributed by atoms with Gasteiger partial charge in [0.2, 0.25) is 5.91 Å². The summed E-state index contributed by atoms with van der Waals surface area (Å²) < 4.78 is 5.61. The summed E-state index contributed by atoms with van der Waals surface area (Å²) in [4.78, 5) is 11.7. The number of carbonyl (C=O) groups is 1. The smallest absolute Gasteiger partial charge is 0.246 e. The molecule has 0 spiro atoms. The Morgan fingerprint density at radius 3 is 2.84 bits per heavy atom. The topological polar surface area (TPSA) is 50.4 Å². The highest BCUT2D eigenvalue weighted by molar-refractivity contribution is 5.77. The van der Waals surface area contributed by atoms with Gasteiger partial charge in [-0.05, 0) is 44.0 Å². The summed E-state index contributed by atoms with van der Waals surface area (Å²) in [6.07, 6.45) is 2.21. The van der Waals surface area contributed by atoms with Gasteiger partial charge in [-0.15, -0.1) is 0 Å². The van der Waals surface area contributed by atoms with Crippen molar-refractivity contribution in [2.45, 2.75) is 32.4 Å². The van der Waals surface area contributed by atoms with Crippen LogP contribution in [0.25, 0.3) is 0 Å². The molecule has 1 heterocycles. The molecule has 1 amide bonds. The van der Waals surface area contributed by atoms with Crippen molar-refractivity contribution in [3.63, 3.8) is 0 Å². The van der Waals surface area contributed by atoms with E-state index >= 15 is 0 Å². The predicted octanol–water partition coefficient (Wildman–Crippen LogP) is 1.38. The number of amides is 1. The van der Waals surface area contributed by atoms with Gasteiger partial charge in [-0.2, -0.15) is 0 Å². The lowest BCUT2D eigenvalue weighted by Gasteiger charge is -2.22. The molecule has 1 fully saturated rings. The van der Waals surface area contributed by atoms with E-state index in [0.29, 0.717) is 6.54 Å². The fourth-order valence-electron chi connectivity index (χ4n) is 2.21. The quantitative estimate of drug-likeness (QED) is 0.843. The number of hydrogen-bond donors (Lipinski definition) is 2. The summed E-state index contributed by atoms with van der Waals surface area (Å²) in [7, 11) is 0. The van der Waals surface area contributed by atoms with Crippen molar-refractivity contribution in [3.8, 4) is 0 Å². The number of nitrogens with one attached hydrogen (secondary N) is 2. The van der Waals surface area contributed by atoms with Crippen molar-refractivity contribution < 1.29 is 9.53 Å². The van der Waals surface area contributed by atoms with Crippen LogP contribution in [0.15, 0.2) is 24.3 Å². The van der Waals surface area contributed by atoms with E-state index in [0.717, 1.165) is 31.5 Å². The van der Waals surface area contributed by atoms with Crippen LogP contribution in [0, 0.1) is 6.92 Å². The second-order valence-electron chi connectivity index (χ2n) is 4.96. The van der Waals surface area contributed by atoms with E-state index < -0.39 is 0 Å². The maximum Gasteiger partial charge on any atom is 0.246 e. The fourth-order valence-corrected chi connectivity index (χ4v) is 2.21. The largest absolute Gasteiger partial charge is 0.368 e. The molecule has 0 atom stereocenters. The minimum absolute atomic E-state index is 0.0400. The number of piperidine rings is 1. The third kappa shape index (κ3) is 4.65. The second-order valence-corrected chi connectivity index (χ2v) is 4.96. The minimum atomic E-state index is -0.0400. The molecule has 4 nitrogen and oxygen atoms in total. The first kappa shape index (κ1) is 14.0. The molecule has 0 bridgehead atoms. The van der Waals surface area contributed by atoms with Crippen molar-refractivity contribution >= 4 is 5.91 Å². The average molecular weight is 262 g/mol. The van der Waals surface area contributed by atoms with Crippen molar-refractivity contribution in [2.75, 3.05) is 19.7 Å². The highest BCUT2D eigenvalue weighted by atomic mass is 16.5. The standard InChI is InChI=1S/C15H22N2O2/c1-12-4-2-3-5-13(12)10-17-15(18)11-19-14-6-8-16-9-7-14/h2-5,14,16H,6-11H2,1H3,(H,17,18). The van der Waals surface area contributed by atoms with Crippen LogP contribution in [-0.2, 0) is 16.1 Å². The molecule has 1 aliphatic rings. The van der Waals surface area contributed by atoms with Gasteiger partial charge in [0, 0.05) is 6.54 Å². The molecule has 104 valence electrons. The van der Waals surface area contributed by atoms with Gasteiger partial charge in [-0.25, -0.2) is 0 Å². The number of aryl methyl sites for hydroxylation is 1. The second kappa shape index (κ2) is 7.26. The first-order chi connectivity index (χ1) is 9.25. The van der Waals surface area contributed by atoms with Crippen LogP contribution in [0.4, 0.5) is 0 Å². The average Bonchev–Trinajstić information content (AvgIpc) is 2.45. The Bertz CT molecular complexity index is 414. The van der Waals surface area contributed by atoms with E-state index in [2.05, 4.69) is 10.6 Å². The van der Waals surface area contributed by atoms with Crippen LogP contribution in [0.5, 0.6) is 0 Å². The molecule has 4 heteroatoms. The highest BCUT2D eigenvalue weighted by Gasteiger charge is 2.14. The maximum atomic E-state index is 11.7. The van der Waals surface area contributed by atoms with E-state index in [1.165, 1.54) is 5.56 Å². The Balaban J connectivity index is 1.68. The van der Waals surface area contributed by atoms with Gasteiger partial charge in [-0.1, -0.05) is 24.3 Å². The molecule has 0 aliphatic carbocycles. The lowest BCUT2D eigenvalue weighted by molar-refractivity contribution is -0.128. The Kier molecular flexibility index (Phi) is 5.36. The van der Waals surface area contributed by atoms with Crippen LogP contribution in [0.1, 0.15) is 24.0 Å². The number of rotatable bonds is 5. The van der Waals surface area contributed by atoms with Crippen LogP contribution in [0.3, 0.4) is 0 Å². The summed E-state index contributed by atoms with van der Waals surface area (Å²) in [5.74, 6) is -0.0400. The summed E-state index contributed by atoms with van der Waals surface area (Å²) in [5.41, 5.74) is 2.35. The monoisotopic (exact) mass is 262 g/mol. The van der Waals surface area contributed by atoms with Gasteiger partial charge >= 0.3 is 0 Å². The normalized spacial score (nSPS) is 16.3. The van der Waals surface area contributed by atoms with E-state index in [1.807, 2.05) is 31.2 Å². The molecule has 1 aliphatic heterocycles. The Labute approximate surface area is 114 Å². The number of hydrogen-bond acceptors (Lipinski definition) is 3. The third-order valence-electron chi connectivity index (χ3n) is 3.47. The molecule has 2 rings (SSSR count). The molecular weight excluding hydrogens is 240 g/mol. The summed E-state index contributed by atoms with van der Waals surface area (Å²) >= 11 is 0. The Morgan fingerprint density at radius 1 is 1.37 bits per heavy atom.